The van der Waals surface area contributed by atoms with Crippen molar-refractivity contribution in [3.05, 3.63) is 0 Å². The van der Waals surface area contributed by atoms with Gasteiger partial charge in [-0.1, -0.05) is 20.8 Å². The number of nitrogens with two attached hydrogens (primary N) is 1. The van der Waals surface area contributed by atoms with Crippen molar-refractivity contribution < 1.29 is 4.79 Å². The molecule has 17 heavy (non-hydrogen) atoms. The molecule has 1 aliphatic rings. The third kappa shape index (κ3) is 5.04. The van der Waals surface area contributed by atoms with Crippen LogP contribution in [0.4, 0.5) is 0 Å². The number of likely N-dealkylation sites (tertiary alicyclic amines) is 1. The lowest BCUT2D eigenvalue weighted by Gasteiger charge is -2.30. The van der Waals surface area contributed by atoms with Gasteiger partial charge >= 0.3 is 0 Å². The van der Waals surface area contributed by atoms with E-state index < -0.39 is 0 Å². The first-order valence-corrected chi connectivity index (χ1v) is 6.76. The molecule has 1 fully saturated rings. The van der Waals surface area contributed by atoms with Crippen LogP contribution in [0.5, 0.6) is 0 Å². The van der Waals surface area contributed by atoms with E-state index in [9.17, 15) is 4.79 Å². The minimum atomic E-state index is -0.378. The van der Waals surface area contributed by atoms with Crippen LogP contribution in [0.1, 0.15) is 33.6 Å². The second kappa shape index (κ2) is 6.97. The van der Waals surface area contributed by atoms with Gasteiger partial charge in [-0.25, -0.2) is 0 Å². The van der Waals surface area contributed by atoms with Crippen LogP contribution in [0, 0.1) is 11.8 Å². The Morgan fingerprint density at radius 2 is 2.00 bits per heavy atom. The van der Waals surface area contributed by atoms with E-state index in [1.165, 1.54) is 12.8 Å². The van der Waals surface area contributed by atoms with Gasteiger partial charge in [0.2, 0.25) is 5.91 Å². The first-order valence-electron chi connectivity index (χ1n) is 6.76. The van der Waals surface area contributed by atoms with Gasteiger partial charge < -0.3 is 16.0 Å². The zero-order valence-electron chi connectivity index (χ0n) is 11.4. The molecule has 1 saturated heterocycles. The van der Waals surface area contributed by atoms with E-state index in [1.807, 2.05) is 13.8 Å². The van der Waals surface area contributed by atoms with Crippen LogP contribution in [0.15, 0.2) is 0 Å². The fourth-order valence-electron chi connectivity index (χ4n) is 2.04. The largest absolute Gasteiger partial charge is 0.353 e. The van der Waals surface area contributed by atoms with Crippen molar-refractivity contribution in [1.29, 1.82) is 0 Å². The first-order chi connectivity index (χ1) is 8.00. The summed E-state index contributed by atoms with van der Waals surface area (Å²) >= 11 is 0. The maximum absolute atomic E-state index is 11.6. The zero-order chi connectivity index (χ0) is 12.8. The highest BCUT2D eigenvalue weighted by atomic mass is 16.2. The minimum absolute atomic E-state index is 0.0228. The van der Waals surface area contributed by atoms with Crippen molar-refractivity contribution in [2.24, 2.45) is 17.6 Å². The lowest BCUT2D eigenvalue weighted by molar-refractivity contribution is -0.123. The van der Waals surface area contributed by atoms with E-state index in [2.05, 4.69) is 17.1 Å². The Balaban J connectivity index is 2.13. The normalized spacial score (nSPS) is 20.5. The average molecular weight is 241 g/mol. The number of nitrogens with one attached hydrogen (secondary N) is 1. The van der Waals surface area contributed by atoms with Gasteiger partial charge in [0, 0.05) is 13.1 Å². The molecule has 1 amide bonds. The quantitative estimate of drug-likeness (QED) is 0.749. The maximum Gasteiger partial charge on any atom is 0.237 e. The molecule has 1 unspecified atom stereocenters. The van der Waals surface area contributed by atoms with E-state index in [4.69, 9.17) is 5.73 Å². The molecule has 1 heterocycles. The third-order valence-corrected chi connectivity index (χ3v) is 3.62. The van der Waals surface area contributed by atoms with Crippen LogP contribution in [0.25, 0.3) is 0 Å². The van der Waals surface area contributed by atoms with E-state index in [-0.39, 0.29) is 17.9 Å². The van der Waals surface area contributed by atoms with Crippen molar-refractivity contribution in [2.45, 2.75) is 39.7 Å². The lowest BCUT2D eigenvalue weighted by atomic mass is 9.99. The highest BCUT2D eigenvalue weighted by Crippen LogP contribution is 2.15. The van der Waals surface area contributed by atoms with Crippen LogP contribution in [0.3, 0.4) is 0 Å². The standard InChI is InChI=1S/C13H27N3O/c1-10(2)12(14)13(17)15-6-9-16-7-4-11(3)5-8-16/h10-12H,4-9,14H2,1-3H3,(H,15,17). The number of hydrogen-bond acceptors (Lipinski definition) is 3. The number of nitrogens with zero attached hydrogens (tertiary/aromatic N) is 1. The van der Waals surface area contributed by atoms with E-state index in [1.54, 1.807) is 0 Å². The molecule has 3 N–H and O–H groups in total. The van der Waals surface area contributed by atoms with Crippen molar-refractivity contribution in [1.82, 2.24) is 10.2 Å². The second-order valence-electron chi connectivity index (χ2n) is 5.58. The summed E-state index contributed by atoms with van der Waals surface area (Å²) in [6.45, 7) is 10.2. The Morgan fingerprint density at radius 3 is 2.53 bits per heavy atom. The molecule has 0 saturated carbocycles. The summed E-state index contributed by atoms with van der Waals surface area (Å²) in [5.41, 5.74) is 5.77. The molecule has 0 aliphatic carbocycles. The summed E-state index contributed by atoms with van der Waals surface area (Å²) < 4.78 is 0. The molecule has 0 spiro atoms. The summed E-state index contributed by atoms with van der Waals surface area (Å²) in [6.07, 6.45) is 2.55. The third-order valence-electron chi connectivity index (χ3n) is 3.62. The summed E-state index contributed by atoms with van der Waals surface area (Å²) in [5, 5.41) is 2.92. The van der Waals surface area contributed by atoms with E-state index in [0.29, 0.717) is 6.54 Å². The van der Waals surface area contributed by atoms with Crippen molar-refractivity contribution in [2.75, 3.05) is 26.2 Å². The number of hydrogen-bond donors (Lipinski definition) is 2. The van der Waals surface area contributed by atoms with Gasteiger partial charge in [-0.3, -0.25) is 4.79 Å². The molecule has 0 bridgehead atoms. The van der Waals surface area contributed by atoms with Crippen molar-refractivity contribution in [3.8, 4) is 0 Å². The molecule has 1 aliphatic heterocycles. The second-order valence-corrected chi connectivity index (χ2v) is 5.58. The summed E-state index contributed by atoms with van der Waals surface area (Å²) in [6, 6.07) is -0.378. The molecular weight excluding hydrogens is 214 g/mol. The number of piperidine rings is 1. The molecular formula is C13H27N3O. The SMILES string of the molecule is CC1CCN(CCNC(=O)C(N)C(C)C)CC1. The summed E-state index contributed by atoms with van der Waals surface area (Å²) in [5.74, 6) is 1.03. The lowest BCUT2D eigenvalue weighted by Crippen LogP contribution is -2.46. The molecule has 1 atom stereocenters. The van der Waals surface area contributed by atoms with Gasteiger partial charge in [0.1, 0.15) is 0 Å². The predicted molar refractivity (Wildman–Crippen MR) is 70.7 cm³/mol. The number of carbonyl (C=O) groups excluding carboxylic acids is 1. The van der Waals surface area contributed by atoms with E-state index >= 15 is 0 Å². The van der Waals surface area contributed by atoms with Gasteiger partial charge in [-0.2, -0.15) is 0 Å². The molecule has 0 aromatic rings. The number of amides is 1. The van der Waals surface area contributed by atoms with E-state index in [0.717, 1.165) is 25.6 Å². The number of carbonyl (C=O) groups is 1. The Labute approximate surface area is 105 Å². The topological polar surface area (TPSA) is 58.4 Å². The Kier molecular flexibility index (Phi) is 5.92. The van der Waals surface area contributed by atoms with Crippen molar-refractivity contribution >= 4 is 5.91 Å². The molecule has 4 nitrogen and oxygen atoms in total. The molecule has 4 heteroatoms. The summed E-state index contributed by atoms with van der Waals surface area (Å²) in [7, 11) is 0. The monoisotopic (exact) mass is 241 g/mol. The zero-order valence-corrected chi connectivity index (χ0v) is 11.4. The van der Waals surface area contributed by atoms with Crippen LogP contribution in [0.2, 0.25) is 0 Å². The van der Waals surface area contributed by atoms with Crippen LogP contribution < -0.4 is 11.1 Å². The smallest absolute Gasteiger partial charge is 0.237 e. The summed E-state index contributed by atoms with van der Waals surface area (Å²) in [4.78, 5) is 14.0. The van der Waals surface area contributed by atoms with Gasteiger partial charge in [0.25, 0.3) is 0 Å². The van der Waals surface area contributed by atoms with Gasteiger partial charge in [0.05, 0.1) is 6.04 Å². The van der Waals surface area contributed by atoms with Gasteiger partial charge in [-0.05, 0) is 37.8 Å². The highest BCUT2D eigenvalue weighted by Gasteiger charge is 2.18. The van der Waals surface area contributed by atoms with Crippen LogP contribution in [-0.2, 0) is 4.79 Å². The Bertz CT molecular complexity index is 235. The average Bonchev–Trinajstić information content (AvgIpc) is 2.30. The van der Waals surface area contributed by atoms with Crippen molar-refractivity contribution in [3.63, 3.8) is 0 Å². The van der Waals surface area contributed by atoms with Crippen LogP contribution in [-0.4, -0.2) is 43.0 Å². The predicted octanol–water partition coefficient (Wildman–Crippen LogP) is 0.818. The first kappa shape index (κ1) is 14.5. The fourth-order valence-corrected chi connectivity index (χ4v) is 2.04. The Hall–Kier alpha value is -0.610. The fraction of sp³-hybridized carbons (Fsp3) is 0.923. The van der Waals surface area contributed by atoms with Gasteiger partial charge in [-0.15, -0.1) is 0 Å². The molecule has 0 radical (unpaired) electrons. The van der Waals surface area contributed by atoms with Gasteiger partial charge in [0.15, 0.2) is 0 Å². The molecule has 0 aromatic carbocycles. The maximum atomic E-state index is 11.6. The minimum Gasteiger partial charge on any atom is -0.353 e. The molecule has 100 valence electrons. The Morgan fingerprint density at radius 1 is 1.41 bits per heavy atom. The molecule has 0 aromatic heterocycles. The van der Waals surface area contributed by atoms with Crippen LogP contribution >= 0.6 is 0 Å². The number of rotatable bonds is 5. The molecule has 1 rings (SSSR count). The highest BCUT2D eigenvalue weighted by molar-refractivity contribution is 5.81.